The van der Waals surface area contributed by atoms with Crippen molar-refractivity contribution in [2.75, 3.05) is 46.5 Å². The van der Waals surface area contributed by atoms with E-state index < -0.39 is 18.0 Å². The Morgan fingerprint density at radius 3 is 2.30 bits per heavy atom. The number of nitrogens with zero attached hydrogens (tertiary/aromatic N) is 1. The Labute approximate surface area is 302 Å². The van der Waals surface area contributed by atoms with Crippen LogP contribution in [0.5, 0.6) is 0 Å². The summed E-state index contributed by atoms with van der Waals surface area (Å²) >= 11 is 0. The summed E-state index contributed by atoms with van der Waals surface area (Å²) in [7, 11) is 1.84. The Morgan fingerprint density at radius 2 is 1.64 bits per heavy atom. The summed E-state index contributed by atoms with van der Waals surface area (Å²) in [5.74, 6) is 3.30. The van der Waals surface area contributed by atoms with E-state index in [4.69, 9.17) is 14.2 Å². The quantitative estimate of drug-likeness (QED) is 0.0707. The van der Waals surface area contributed by atoms with Gasteiger partial charge in [-0.3, -0.25) is 14.4 Å². The number of esters is 3. The molecule has 2 N–H and O–H groups in total. The van der Waals surface area contributed by atoms with Gasteiger partial charge in [-0.25, -0.2) is 0 Å². The fraction of sp³-hybridized carbons (Fsp3) is 0.878. The van der Waals surface area contributed by atoms with Gasteiger partial charge in [-0.05, 0) is 91.3 Å². The molecule has 0 heterocycles. The van der Waals surface area contributed by atoms with E-state index in [-0.39, 0.29) is 61.2 Å². The minimum atomic E-state index is -0.734. The first kappa shape index (κ1) is 40.8. The van der Waals surface area contributed by atoms with Crippen LogP contribution in [0.3, 0.4) is 0 Å². The SMILES string of the molecule is CC(=O)OC(COC(=O)CCC(=O)O[C@H]1CC[C@@]2(C)C(=CC[C@H]3[C@@H]4CC[C@H]([C@H](C)CCCC(C)C)[C@@]4(C)CC[C@@H]32)C1)C[N+](C)(CCO)CCO. The number of aliphatic hydroxyl groups excluding tert-OH is 2. The first-order chi connectivity index (χ1) is 23.6. The molecule has 0 aromatic heterocycles. The third-order valence-corrected chi connectivity index (χ3v) is 13.8. The number of carbonyl (C=O) groups is 3. The van der Waals surface area contributed by atoms with Crippen LogP contribution in [0.15, 0.2) is 11.6 Å². The zero-order chi connectivity index (χ0) is 36.7. The molecule has 0 aromatic carbocycles. The second-order valence-electron chi connectivity index (χ2n) is 17.8. The Hall–Kier alpha value is -1.97. The summed E-state index contributed by atoms with van der Waals surface area (Å²) in [6.07, 6.45) is 14.8. The number of aliphatic hydroxyl groups is 2. The number of quaternary nitrogens is 1. The highest BCUT2D eigenvalue weighted by molar-refractivity contribution is 5.77. The summed E-state index contributed by atoms with van der Waals surface area (Å²) in [4.78, 5) is 37.1. The molecule has 0 saturated heterocycles. The molecule has 0 aliphatic heterocycles. The second-order valence-corrected chi connectivity index (χ2v) is 17.8. The first-order valence-electron chi connectivity index (χ1n) is 19.9. The van der Waals surface area contributed by atoms with Crippen LogP contribution in [0.25, 0.3) is 0 Å². The number of rotatable bonds is 18. The van der Waals surface area contributed by atoms with Crippen LogP contribution in [0.1, 0.15) is 125 Å². The van der Waals surface area contributed by atoms with Crippen LogP contribution in [-0.4, -0.2) is 91.3 Å². The summed E-state index contributed by atoms with van der Waals surface area (Å²) < 4.78 is 17.0. The van der Waals surface area contributed by atoms with Crippen molar-refractivity contribution in [3.8, 4) is 0 Å². The van der Waals surface area contributed by atoms with Crippen LogP contribution in [0.2, 0.25) is 0 Å². The molecule has 9 nitrogen and oxygen atoms in total. The fourth-order valence-electron chi connectivity index (χ4n) is 11.1. The molecule has 4 aliphatic rings. The van der Waals surface area contributed by atoms with E-state index in [1.165, 1.54) is 57.4 Å². The third-order valence-electron chi connectivity index (χ3n) is 13.8. The maximum atomic E-state index is 12.9. The molecule has 286 valence electrons. The van der Waals surface area contributed by atoms with E-state index in [0.29, 0.717) is 24.4 Å². The highest BCUT2D eigenvalue weighted by atomic mass is 16.6. The smallest absolute Gasteiger partial charge is 0.306 e. The van der Waals surface area contributed by atoms with Crippen molar-refractivity contribution in [2.45, 2.75) is 137 Å². The van der Waals surface area contributed by atoms with E-state index in [1.807, 2.05) is 7.05 Å². The topological polar surface area (TPSA) is 119 Å². The van der Waals surface area contributed by atoms with Gasteiger partial charge in [-0.1, -0.05) is 65.5 Å². The third kappa shape index (κ3) is 9.91. The van der Waals surface area contributed by atoms with Crippen molar-refractivity contribution in [1.29, 1.82) is 0 Å². The molecule has 0 aromatic rings. The Morgan fingerprint density at radius 1 is 0.940 bits per heavy atom. The zero-order valence-electron chi connectivity index (χ0n) is 32.4. The highest BCUT2D eigenvalue weighted by Gasteiger charge is 2.59. The van der Waals surface area contributed by atoms with Crippen molar-refractivity contribution in [1.82, 2.24) is 0 Å². The van der Waals surface area contributed by atoms with E-state index in [2.05, 4.69) is 40.7 Å². The van der Waals surface area contributed by atoms with Crippen molar-refractivity contribution in [3.05, 3.63) is 11.6 Å². The lowest BCUT2D eigenvalue weighted by atomic mass is 9.47. The molecule has 0 amide bonds. The first-order valence-corrected chi connectivity index (χ1v) is 19.9. The molecule has 3 saturated carbocycles. The van der Waals surface area contributed by atoms with Gasteiger partial charge in [-0.15, -0.1) is 0 Å². The molecule has 50 heavy (non-hydrogen) atoms. The average Bonchev–Trinajstić information content (AvgIpc) is 3.40. The monoisotopic (exact) mass is 705 g/mol. The van der Waals surface area contributed by atoms with Gasteiger partial charge in [0, 0.05) is 13.3 Å². The number of likely N-dealkylation sites (N-methyl/N-ethyl adjacent to an activating group) is 1. The van der Waals surface area contributed by atoms with Crippen LogP contribution >= 0.6 is 0 Å². The fourth-order valence-corrected chi connectivity index (χ4v) is 11.1. The van der Waals surface area contributed by atoms with Gasteiger partial charge >= 0.3 is 17.9 Å². The Balaban J connectivity index is 1.26. The average molecular weight is 705 g/mol. The van der Waals surface area contributed by atoms with Crippen LogP contribution < -0.4 is 0 Å². The molecule has 9 atom stereocenters. The number of allylic oxidation sites excluding steroid dienone is 1. The number of ether oxygens (including phenoxy) is 3. The maximum Gasteiger partial charge on any atom is 0.306 e. The molecule has 0 radical (unpaired) electrons. The van der Waals surface area contributed by atoms with E-state index >= 15 is 0 Å². The molecule has 4 aliphatic carbocycles. The van der Waals surface area contributed by atoms with Crippen LogP contribution in [-0.2, 0) is 28.6 Å². The van der Waals surface area contributed by atoms with E-state index in [1.54, 1.807) is 0 Å². The molecule has 0 bridgehead atoms. The lowest BCUT2D eigenvalue weighted by Crippen LogP contribution is -2.53. The molecular formula is C41H70NO8+. The van der Waals surface area contributed by atoms with Crippen molar-refractivity contribution >= 4 is 17.9 Å². The number of carbonyl (C=O) groups excluding carboxylic acids is 3. The molecule has 4 rings (SSSR count). The predicted octanol–water partition coefficient (Wildman–Crippen LogP) is 6.63. The lowest BCUT2D eigenvalue weighted by molar-refractivity contribution is -0.912. The second kappa shape index (κ2) is 17.7. The van der Waals surface area contributed by atoms with Crippen LogP contribution in [0, 0.1) is 46.3 Å². The standard InChI is InChI=1S/C41H70NO8/c1-28(2)9-8-10-29(3)35-13-14-36-34-12-11-31-25-32(17-19-40(31,5)37(34)18-20-41(35,36)6)50-39(47)16-15-38(46)48-27-33(49-30(4)45)26-42(7,21-23-43)22-24-44/h11,28-29,32-37,43-44H,8-10,12-27H2,1-7H3/q+1/t29-,32+,33?,34+,35-,36+,37+,40+,41-/m1/s1. The Bertz CT molecular complexity index is 1180. The van der Waals surface area contributed by atoms with Gasteiger partial charge in [-0.2, -0.15) is 0 Å². The molecule has 9 heteroatoms. The number of hydrogen-bond acceptors (Lipinski definition) is 8. The predicted molar refractivity (Wildman–Crippen MR) is 194 cm³/mol. The summed E-state index contributed by atoms with van der Waals surface area (Å²) in [5, 5.41) is 18.9. The van der Waals surface area contributed by atoms with Gasteiger partial charge in [0.25, 0.3) is 0 Å². The van der Waals surface area contributed by atoms with Gasteiger partial charge in [0.05, 0.1) is 33.1 Å². The number of fused-ring (bicyclic) bond motifs is 5. The van der Waals surface area contributed by atoms with Crippen molar-refractivity contribution in [3.63, 3.8) is 0 Å². The highest BCUT2D eigenvalue weighted by Crippen LogP contribution is 2.67. The summed E-state index contributed by atoms with van der Waals surface area (Å²) in [6.45, 7) is 14.3. The summed E-state index contributed by atoms with van der Waals surface area (Å²) in [5.41, 5.74) is 2.13. The van der Waals surface area contributed by atoms with Crippen LogP contribution in [0.4, 0.5) is 0 Å². The molecule has 1 unspecified atom stereocenters. The maximum absolute atomic E-state index is 12.9. The van der Waals surface area contributed by atoms with Crippen molar-refractivity contribution in [2.24, 2.45) is 46.3 Å². The minimum absolute atomic E-state index is 0.0608. The normalized spacial score (nSPS) is 31.9. The van der Waals surface area contributed by atoms with Gasteiger partial charge < -0.3 is 28.9 Å². The molecule has 3 fully saturated rings. The van der Waals surface area contributed by atoms with Gasteiger partial charge in [0.15, 0.2) is 6.10 Å². The van der Waals surface area contributed by atoms with Gasteiger partial charge in [0.2, 0.25) is 0 Å². The summed E-state index contributed by atoms with van der Waals surface area (Å²) in [6, 6.07) is 0. The van der Waals surface area contributed by atoms with E-state index in [9.17, 15) is 24.6 Å². The Kier molecular flexibility index (Phi) is 14.4. The molecule has 0 spiro atoms. The van der Waals surface area contributed by atoms with Crippen molar-refractivity contribution < 1.29 is 43.3 Å². The number of hydrogen-bond donors (Lipinski definition) is 2. The molecular weight excluding hydrogens is 634 g/mol. The van der Waals surface area contributed by atoms with Gasteiger partial charge in [0.1, 0.15) is 32.3 Å². The largest absolute Gasteiger partial charge is 0.462 e. The minimum Gasteiger partial charge on any atom is -0.462 e. The van der Waals surface area contributed by atoms with E-state index in [0.717, 1.165) is 55.3 Å². The lowest BCUT2D eigenvalue weighted by Gasteiger charge is -2.58. The zero-order valence-corrected chi connectivity index (χ0v) is 32.4.